The molecule has 0 N–H and O–H groups in total. The maximum atomic E-state index is 13.0. The van der Waals surface area contributed by atoms with Gasteiger partial charge < -0.3 is 0 Å². The summed E-state index contributed by atoms with van der Waals surface area (Å²) >= 11 is 0. The molecule has 0 aliphatic carbocycles. The average Bonchev–Trinajstić information content (AvgIpc) is 2.17. The number of nitrogens with zero attached hydrogens (tertiary/aromatic N) is 1. The fraction of sp³-hybridized carbons (Fsp3) is 0.273. The zero-order chi connectivity index (χ0) is 10.4. The number of carbonyl (C=O) groups is 1. The maximum absolute atomic E-state index is 13.0. The van der Waals surface area contributed by atoms with Crippen LogP contribution in [-0.4, -0.2) is 5.78 Å². The minimum atomic E-state index is -0.294. The zero-order valence-corrected chi connectivity index (χ0v) is 7.66. The molecular formula is C11H10FNO. The van der Waals surface area contributed by atoms with Crippen molar-refractivity contribution in [1.82, 2.24) is 0 Å². The van der Waals surface area contributed by atoms with Gasteiger partial charge in [0.1, 0.15) is 11.6 Å². The molecule has 0 saturated heterocycles. The van der Waals surface area contributed by atoms with Gasteiger partial charge >= 0.3 is 0 Å². The lowest BCUT2D eigenvalue weighted by Crippen LogP contribution is -1.99. The second kappa shape index (κ2) is 5.13. The van der Waals surface area contributed by atoms with Gasteiger partial charge in [-0.15, -0.1) is 0 Å². The molecule has 0 aliphatic heterocycles. The van der Waals surface area contributed by atoms with Crippen LogP contribution < -0.4 is 0 Å². The Labute approximate surface area is 82.0 Å². The highest BCUT2D eigenvalue weighted by Gasteiger charge is 2.04. The molecule has 72 valence electrons. The first-order valence-electron chi connectivity index (χ1n) is 4.36. The molecule has 0 unspecified atom stereocenters. The number of rotatable bonds is 4. The largest absolute Gasteiger partial charge is 0.299 e. The molecule has 14 heavy (non-hydrogen) atoms. The molecular weight excluding hydrogens is 181 g/mol. The number of aryl methyl sites for hydroxylation is 1. The number of carbonyl (C=O) groups excluding carboxylic acids is 1. The van der Waals surface area contributed by atoms with Gasteiger partial charge in [0.15, 0.2) is 0 Å². The lowest BCUT2D eigenvalue weighted by Gasteiger charge is -2.00. The molecule has 3 heteroatoms. The van der Waals surface area contributed by atoms with E-state index in [2.05, 4.69) is 0 Å². The maximum Gasteiger partial charge on any atom is 0.147 e. The average molecular weight is 191 g/mol. The van der Waals surface area contributed by atoms with E-state index >= 15 is 0 Å². The standard InChI is InChI=1S/C11H10FNO/c12-11-4-2-1-3-9(11)5-6-10(14)7-8-13/h1-4H,5-7H2. The highest BCUT2D eigenvalue weighted by atomic mass is 19.1. The lowest BCUT2D eigenvalue weighted by molar-refractivity contribution is -0.118. The van der Waals surface area contributed by atoms with Gasteiger partial charge in [-0.05, 0) is 18.1 Å². The number of hydrogen-bond acceptors (Lipinski definition) is 2. The van der Waals surface area contributed by atoms with Gasteiger partial charge in [-0.3, -0.25) is 4.79 Å². The first-order chi connectivity index (χ1) is 6.74. The minimum Gasteiger partial charge on any atom is -0.299 e. The summed E-state index contributed by atoms with van der Waals surface area (Å²) in [5, 5.41) is 8.24. The van der Waals surface area contributed by atoms with Crippen molar-refractivity contribution >= 4 is 5.78 Å². The normalized spacial score (nSPS) is 9.43. The fourth-order valence-corrected chi connectivity index (χ4v) is 1.15. The number of benzene rings is 1. The molecule has 0 fully saturated rings. The van der Waals surface area contributed by atoms with Crippen LogP contribution in [0, 0.1) is 17.1 Å². The van der Waals surface area contributed by atoms with E-state index in [0.717, 1.165) is 0 Å². The summed E-state index contributed by atoms with van der Waals surface area (Å²) in [4.78, 5) is 11.0. The Hall–Kier alpha value is -1.69. The third kappa shape index (κ3) is 2.98. The monoisotopic (exact) mass is 191 g/mol. The Bertz CT molecular complexity index is 368. The van der Waals surface area contributed by atoms with Gasteiger partial charge in [0.05, 0.1) is 12.5 Å². The Morgan fingerprint density at radius 3 is 2.79 bits per heavy atom. The quantitative estimate of drug-likeness (QED) is 0.732. The minimum absolute atomic E-state index is 0.0888. The van der Waals surface area contributed by atoms with Crippen LogP contribution in [0.4, 0.5) is 4.39 Å². The summed E-state index contributed by atoms with van der Waals surface area (Å²) < 4.78 is 13.0. The molecule has 0 radical (unpaired) electrons. The first kappa shape index (κ1) is 10.4. The number of Topliss-reactive ketones (excluding diaryl/α,β-unsaturated/α-hetero) is 1. The van der Waals surface area contributed by atoms with E-state index in [1.807, 2.05) is 0 Å². The summed E-state index contributed by atoms with van der Waals surface area (Å²) in [6, 6.07) is 8.12. The van der Waals surface area contributed by atoms with Crippen molar-refractivity contribution < 1.29 is 9.18 Å². The van der Waals surface area contributed by atoms with Gasteiger partial charge in [0, 0.05) is 6.42 Å². The van der Waals surface area contributed by atoms with Crippen molar-refractivity contribution in [3.05, 3.63) is 35.6 Å². The second-order valence-electron chi connectivity index (χ2n) is 2.96. The SMILES string of the molecule is N#CCC(=O)CCc1ccccc1F. The summed E-state index contributed by atoms with van der Waals surface area (Å²) in [5.74, 6) is -0.437. The Balaban J connectivity index is 2.51. The van der Waals surface area contributed by atoms with E-state index in [0.29, 0.717) is 12.0 Å². The molecule has 1 aromatic carbocycles. The van der Waals surface area contributed by atoms with Crippen LogP contribution >= 0.6 is 0 Å². The van der Waals surface area contributed by atoms with Crippen molar-refractivity contribution in [1.29, 1.82) is 5.26 Å². The predicted octanol–water partition coefficient (Wildman–Crippen LogP) is 2.24. The van der Waals surface area contributed by atoms with Gasteiger partial charge in [-0.1, -0.05) is 18.2 Å². The second-order valence-corrected chi connectivity index (χ2v) is 2.96. The van der Waals surface area contributed by atoms with Crippen LogP contribution in [-0.2, 0) is 11.2 Å². The molecule has 0 atom stereocenters. The lowest BCUT2D eigenvalue weighted by atomic mass is 10.1. The zero-order valence-electron chi connectivity index (χ0n) is 7.66. The highest BCUT2D eigenvalue weighted by molar-refractivity contribution is 5.80. The van der Waals surface area contributed by atoms with Crippen LogP contribution in [0.3, 0.4) is 0 Å². The molecule has 0 amide bonds. The number of nitriles is 1. The molecule has 0 saturated carbocycles. The van der Waals surface area contributed by atoms with Crippen LogP contribution in [0.25, 0.3) is 0 Å². The van der Waals surface area contributed by atoms with Gasteiger partial charge in [0.25, 0.3) is 0 Å². The van der Waals surface area contributed by atoms with Crippen LogP contribution in [0.1, 0.15) is 18.4 Å². The van der Waals surface area contributed by atoms with Crippen molar-refractivity contribution in [2.24, 2.45) is 0 Å². The molecule has 0 aromatic heterocycles. The Morgan fingerprint density at radius 2 is 2.14 bits per heavy atom. The van der Waals surface area contributed by atoms with Crippen LogP contribution in [0.5, 0.6) is 0 Å². The van der Waals surface area contributed by atoms with Gasteiger partial charge in [-0.25, -0.2) is 4.39 Å². The molecule has 1 aromatic rings. The summed E-state index contributed by atoms with van der Waals surface area (Å²) in [7, 11) is 0. The number of ketones is 1. The molecule has 1 rings (SSSR count). The van der Waals surface area contributed by atoms with Gasteiger partial charge in [0.2, 0.25) is 0 Å². The summed E-state index contributed by atoms with van der Waals surface area (Å²) in [5.41, 5.74) is 0.527. The number of halogens is 1. The molecule has 2 nitrogen and oxygen atoms in total. The molecule has 0 aliphatic rings. The number of hydrogen-bond donors (Lipinski definition) is 0. The summed E-state index contributed by atoms with van der Waals surface area (Å²) in [6.45, 7) is 0. The topological polar surface area (TPSA) is 40.9 Å². The van der Waals surface area contributed by atoms with E-state index in [1.165, 1.54) is 6.07 Å². The van der Waals surface area contributed by atoms with Crippen molar-refractivity contribution in [2.45, 2.75) is 19.3 Å². The van der Waals surface area contributed by atoms with Crippen LogP contribution in [0.15, 0.2) is 24.3 Å². The summed E-state index contributed by atoms with van der Waals surface area (Å²) in [6.07, 6.45) is 0.510. The van der Waals surface area contributed by atoms with E-state index in [1.54, 1.807) is 24.3 Å². The predicted molar refractivity (Wildman–Crippen MR) is 50.0 cm³/mol. The Kier molecular flexibility index (Phi) is 3.81. The van der Waals surface area contributed by atoms with Crippen molar-refractivity contribution in [2.75, 3.05) is 0 Å². The van der Waals surface area contributed by atoms with E-state index in [4.69, 9.17) is 5.26 Å². The fourth-order valence-electron chi connectivity index (χ4n) is 1.15. The van der Waals surface area contributed by atoms with E-state index < -0.39 is 0 Å². The molecule has 0 bridgehead atoms. The van der Waals surface area contributed by atoms with Crippen molar-refractivity contribution in [3.63, 3.8) is 0 Å². The van der Waals surface area contributed by atoms with Gasteiger partial charge in [-0.2, -0.15) is 5.26 Å². The first-order valence-corrected chi connectivity index (χ1v) is 4.36. The smallest absolute Gasteiger partial charge is 0.147 e. The highest BCUT2D eigenvalue weighted by Crippen LogP contribution is 2.09. The molecule has 0 spiro atoms. The van der Waals surface area contributed by atoms with Crippen LogP contribution in [0.2, 0.25) is 0 Å². The van der Waals surface area contributed by atoms with Crippen molar-refractivity contribution in [3.8, 4) is 6.07 Å². The van der Waals surface area contributed by atoms with E-state index in [9.17, 15) is 9.18 Å². The third-order valence-electron chi connectivity index (χ3n) is 1.91. The molecule has 0 heterocycles. The Morgan fingerprint density at radius 1 is 1.43 bits per heavy atom. The third-order valence-corrected chi connectivity index (χ3v) is 1.91. The van der Waals surface area contributed by atoms with E-state index in [-0.39, 0.29) is 24.4 Å².